The van der Waals surface area contributed by atoms with Crippen molar-refractivity contribution in [3.8, 4) is 5.75 Å². The molecule has 0 aliphatic heterocycles. The first-order valence-corrected chi connectivity index (χ1v) is 17.5. The third-order valence-electron chi connectivity index (χ3n) is 7.07. The van der Waals surface area contributed by atoms with Crippen LogP contribution in [0, 0.1) is 0 Å². The smallest absolute Gasteiger partial charge is 0.250 e. The van der Waals surface area contributed by atoms with Crippen LogP contribution in [-0.2, 0) is 11.0 Å². The summed E-state index contributed by atoms with van der Waals surface area (Å²) in [7, 11) is -4.21. The largest absolute Gasteiger partial charge is 0.539 e. The minimum atomic E-state index is -2.23. The number of hydrogen-bond acceptors (Lipinski definition) is 4. The first-order chi connectivity index (χ1) is 14.5. The standard InChI is InChI=1S/C26H46O4Si2/c1-13-15-16-17-20(14-2)23-24(30-32(11,12)26(6,7)8)22(27)18-21(29-23)19-28-31(9,10)25(3,4)5/h13-14,18,20H,1-2,15-17,19H2,3-12H3. The van der Waals surface area contributed by atoms with Crippen LogP contribution in [0.2, 0.25) is 36.3 Å². The number of allylic oxidation sites excluding steroid dienone is 2. The predicted molar refractivity (Wildman–Crippen MR) is 142 cm³/mol. The van der Waals surface area contributed by atoms with Crippen LogP contribution in [0.3, 0.4) is 0 Å². The maximum Gasteiger partial charge on any atom is 0.250 e. The summed E-state index contributed by atoms with van der Waals surface area (Å²) in [6.07, 6.45) is 6.43. The molecule has 0 spiro atoms. The molecule has 0 fully saturated rings. The quantitative estimate of drug-likeness (QED) is 0.183. The molecule has 6 heteroatoms. The van der Waals surface area contributed by atoms with Crippen LogP contribution in [0.4, 0.5) is 0 Å². The minimum Gasteiger partial charge on any atom is -0.539 e. The second-order valence-corrected chi connectivity index (χ2v) is 21.3. The summed E-state index contributed by atoms with van der Waals surface area (Å²) in [5.41, 5.74) is -0.138. The zero-order valence-electron chi connectivity index (χ0n) is 22.2. The van der Waals surface area contributed by atoms with E-state index in [1.54, 1.807) is 6.07 Å². The van der Waals surface area contributed by atoms with Gasteiger partial charge in [-0.1, -0.05) is 53.7 Å². The van der Waals surface area contributed by atoms with Crippen LogP contribution in [0.15, 0.2) is 40.6 Å². The van der Waals surface area contributed by atoms with Gasteiger partial charge in [0.25, 0.3) is 8.32 Å². The Morgan fingerprint density at radius 3 is 2.06 bits per heavy atom. The van der Waals surface area contributed by atoms with Crippen molar-refractivity contribution in [3.05, 3.63) is 53.1 Å². The highest BCUT2D eigenvalue weighted by Gasteiger charge is 2.41. The van der Waals surface area contributed by atoms with Crippen molar-refractivity contribution in [2.24, 2.45) is 0 Å². The van der Waals surface area contributed by atoms with E-state index in [2.05, 4.69) is 80.9 Å². The van der Waals surface area contributed by atoms with Gasteiger partial charge in [0.15, 0.2) is 19.8 Å². The molecule has 0 N–H and O–H groups in total. The fourth-order valence-electron chi connectivity index (χ4n) is 2.68. The molecule has 1 rings (SSSR count). The van der Waals surface area contributed by atoms with Crippen molar-refractivity contribution in [1.82, 2.24) is 0 Å². The first kappa shape index (κ1) is 28.7. The van der Waals surface area contributed by atoms with Gasteiger partial charge in [0.1, 0.15) is 5.76 Å². The van der Waals surface area contributed by atoms with Crippen molar-refractivity contribution in [1.29, 1.82) is 0 Å². The van der Waals surface area contributed by atoms with Crippen molar-refractivity contribution in [2.45, 2.75) is 110 Å². The van der Waals surface area contributed by atoms with Gasteiger partial charge in [-0.05, 0) is 55.5 Å². The van der Waals surface area contributed by atoms with Gasteiger partial charge in [0.2, 0.25) is 5.43 Å². The Hall–Kier alpha value is -1.38. The van der Waals surface area contributed by atoms with Crippen molar-refractivity contribution < 1.29 is 13.3 Å². The van der Waals surface area contributed by atoms with Gasteiger partial charge in [-0.3, -0.25) is 4.79 Å². The molecular weight excluding hydrogens is 432 g/mol. The fourth-order valence-corrected chi connectivity index (χ4v) is 4.63. The third kappa shape index (κ3) is 7.32. The Morgan fingerprint density at radius 1 is 1.03 bits per heavy atom. The normalized spacial score (nSPS) is 14.2. The maximum absolute atomic E-state index is 13.3. The summed E-state index contributed by atoms with van der Waals surface area (Å²) in [4.78, 5) is 13.3. The molecule has 1 aromatic heterocycles. The summed E-state index contributed by atoms with van der Waals surface area (Å²) in [6, 6.07) is 1.54. The van der Waals surface area contributed by atoms with E-state index < -0.39 is 16.6 Å². The highest BCUT2D eigenvalue weighted by Crippen LogP contribution is 2.40. The summed E-state index contributed by atoms with van der Waals surface area (Å²) in [6.45, 7) is 29.9. The van der Waals surface area contributed by atoms with Gasteiger partial charge in [0.05, 0.1) is 6.61 Å². The molecule has 0 aliphatic carbocycles. The van der Waals surface area contributed by atoms with E-state index in [9.17, 15) is 4.79 Å². The highest BCUT2D eigenvalue weighted by atomic mass is 28.4. The van der Waals surface area contributed by atoms with E-state index in [0.717, 1.165) is 19.3 Å². The zero-order chi connectivity index (χ0) is 25.0. The van der Waals surface area contributed by atoms with E-state index in [4.69, 9.17) is 13.3 Å². The summed E-state index contributed by atoms with van der Waals surface area (Å²) < 4.78 is 19.2. The molecule has 1 atom stereocenters. The van der Waals surface area contributed by atoms with Crippen LogP contribution < -0.4 is 9.85 Å². The molecule has 182 valence electrons. The molecule has 0 saturated carbocycles. The van der Waals surface area contributed by atoms with Crippen LogP contribution in [0.5, 0.6) is 5.75 Å². The third-order valence-corrected chi connectivity index (χ3v) is 15.9. The van der Waals surface area contributed by atoms with E-state index in [0.29, 0.717) is 17.3 Å². The molecule has 1 unspecified atom stereocenters. The number of hydrogen-bond donors (Lipinski definition) is 0. The average Bonchev–Trinajstić information content (AvgIpc) is 2.64. The number of rotatable bonds is 11. The highest BCUT2D eigenvalue weighted by molar-refractivity contribution is 6.75. The molecular formula is C26H46O4Si2. The van der Waals surface area contributed by atoms with Gasteiger partial charge in [-0.2, -0.15) is 0 Å². The van der Waals surface area contributed by atoms with Gasteiger partial charge in [-0.25, -0.2) is 0 Å². The molecule has 4 nitrogen and oxygen atoms in total. The molecule has 0 bridgehead atoms. The first-order valence-electron chi connectivity index (χ1n) is 11.7. The number of unbranched alkanes of at least 4 members (excludes halogenated alkanes) is 1. The molecule has 0 amide bonds. The monoisotopic (exact) mass is 478 g/mol. The van der Waals surface area contributed by atoms with E-state index in [1.807, 2.05) is 12.2 Å². The zero-order valence-corrected chi connectivity index (χ0v) is 24.2. The van der Waals surface area contributed by atoms with Crippen LogP contribution in [0.1, 0.15) is 78.2 Å². The minimum absolute atomic E-state index is 0.0344. The Kier molecular flexibility index (Phi) is 9.58. The van der Waals surface area contributed by atoms with Gasteiger partial charge >= 0.3 is 0 Å². The second-order valence-electron chi connectivity index (χ2n) is 11.7. The SMILES string of the molecule is C=CCCCC(C=C)c1oc(CO[Si](C)(C)C(C)(C)C)cc(=O)c1O[Si](C)(C)C(C)(C)C. The summed E-state index contributed by atoms with van der Waals surface area (Å²) in [5.74, 6) is 1.37. The van der Waals surface area contributed by atoms with Crippen LogP contribution >= 0.6 is 0 Å². The van der Waals surface area contributed by atoms with E-state index in [1.165, 1.54) is 0 Å². The molecule has 1 aromatic rings. The Labute approximate surface area is 198 Å². The lowest BCUT2D eigenvalue weighted by molar-refractivity contribution is 0.234. The molecule has 0 saturated heterocycles. The van der Waals surface area contributed by atoms with Crippen LogP contribution in [0.25, 0.3) is 0 Å². The second kappa shape index (κ2) is 10.7. The van der Waals surface area contributed by atoms with Gasteiger partial charge in [-0.15, -0.1) is 13.2 Å². The van der Waals surface area contributed by atoms with Crippen molar-refractivity contribution in [2.75, 3.05) is 0 Å². The van der Waals surface area contributed by atoms with E-state index in [-0.39, 0.29) is 28.0 Å². The lowest BCUT2D eigenvalue weighted by atomic mass is 9.98. The van der Waals surface area contributed by atoms with Crippen molar-refractivity contribution in [3.63, 3.8) is 0 Å². The Morgan fingerprint density at radius 2 is 1.59 bits per heavy atom. The molecule has 1 heterocycles. The fraction of sp³-hybridized carbons (Fsp3) is 0.654. The lowest BCUT2D eigenvalue weighted by Crippen LogP contribution is -2.45. The van der Waals surface area contributed by atoms with Crippen molar-refractivity contribution >= 4 is 16.6 Å². The summed E-state index contributed by atoms with van der Waals surface area (Å²) in [5, 5.41) is 0.0448. The predicted octanol–water partition coefficient (Wildman–Crippen LogP) is 8.17. The lowest BCUT2D eigenvalue weighted by Gasteiger charge is -2.37. The Balaban J connectivity index is 3.45. The Bertz CT molecular complexity index is 839. The maximum atomic E-state index is 13.3. The molecule has 0 aliphatic rings. The average molecular weight is 479 g/mol. The molecule has 32 heavy (non-hydrogen) atoms. The van der Waals surface area contributed by atoms with Gasteiger partial charge in [0, 0.05) is 12.0 Å². The molecule has 0 radical (unpaired) electrons. The van der Waals surface area contributed by atoms with Gasteiger partial charge < -0.3 is 13.3 Å². The van der Waals surface area contributed by atoms with Crippen LogP contribution in [-0.4, -0.2) is 16.6 Å². The van der Waals surface area contributed by atoms with E-state index >= 15 is 0 Å². The molecule has 0 aromatic carbocycles. The summed E-state index contributed by atoms with van der Waals surface area (Å²) >= 11 is 0. The topological polar surface area (TPSA) is 48.7 Å².